The van der Waals surface area contributed by atoms with Crippen molar-refractivity contribution in [2.45, 2.75) is 13.8 Å². The van der Waals surface area contributed by atoms with Gasteiger partial charge in [-0.05, 0) is 79.7 Å². The van der Waals surface area contributed by atoms with Gasteiger partial charge in [-0.25, -0.2) is 14.8 Å². The molecule has 1 fully saturated rings. The van der Waals surface area contributed by atoms with E-state index in [0.29, 0.717) is 36.1 Å². The lowest BCUT2D eigenvalue weighted by Crippen LogP contribution is -2.37. The van der Waals surface area contributed by atoms with Crippen molar-refractivity contribution >= 4 is 45.7 Å². The highest BCUT2D eigenvalue weighted by molar-refractivity contribution is 6.00. The summed E-state index contributed by atoms with van der Waals surface area (Å²) in [5.41, 5.74) is 4.47. The molecule has 0 aliphatic carbocycles. The molecule has 1 saturated heterocycles. The molecule has 0 atom stereocenters. The second-order valence-corrected chi connectivity index (χ2v) is 10.0. The summed E-state index contributed by atoms with van der Waals surface area (Å²) in [7, 11) is 0. The highest BCUT2D eigenvalue weighted by atomic mass is 16.5. The first-order chi connectivity index (χ1) is 20.4. The van der Waals surface area contributed by atoms with Crippen LogP contribution in [-0.2, 0) is 9.53 Å². The third-order valence-electron chi connectivity index (χ3n) is 6.88. The van der Waals surface area contributed by atoms with Gasteiger partial charge in [0.05, 0.1) is 18.7 Å². The lowest BCUT2D eigenvalue weighted by molar-refractivity contribution is -0.114. The molecule has 0 saturated carbocycles. The van der Waals surface area contributed by atoms with Gasteiger partial charge in [0.15, 0.2) is 5.82 Å². The van der Waals surface area contributed by atoms with E-state index in [1.165, 1.54) is 6.92 Å². The summed E-state index contributed by atoms with van der Waals surface area (Å²) in [4.78, 5) is 35.9. The summed E-state index contributed by atoms with van der Waals surface area (Å²) in [6.45, 7) is 6.16. The number of aromatic nitrogens is 2. The van der Waals surface area contributed by atoms with Gasteiger partial charge in [0.25, 0.3) is 0 Å². The molecule has 0 bridgehead atoms. The second-order valence-electron chi connectivity index (χ2n) is 10.0. The number of carbonyl (C=O) groups is 2. The van der Waals surface area contributed by atoms with Crippen molar-refractivity contribution in [1.82, 2.24) is 9.97 Å². The molecule has 3 amide bonds. The number of aryl methyl sites for hydroxylation is 1. The van der Waals surface area contributed by atoms with Crippen LogP contribution in [-0.4, -0.2) is 48.2 Å². The summed E-state index contributed by atoms with van der Waals surface area (Å²) in [6.07, 6.45) is 0. The van der Waals surface area contributed by atoms with E-state index in [-0.39, 0.29) is 11.9 Å². The van der Waals surface area contributed by atoms with E-state index in [2.05, 4.69) is 26.9 Å². The van der Waals surface area contributed by atoms with Gasteiger partial charge in [0.2, 0.25) is 5.91 Å². The molecule has 3 aromatic carbocycles. The first kappa shape index (κ1) is 27.0. The largest absolute Gasteiger partial charge is 0.461 e. The number of nitrogens with zero attached hydrogens (tertiary/aromatic N) is 3. The number of furan rings is 1. The monoisotopic (exact) mass is 562 g/mol. The normalized spacial score (nSPS) is 13.1. The molecule has 0 unspecified atom stereocenters. The van der Waals surface area contributed by atoms with Gasteiger partial charge in [0, 0.05) is 53.6 Å². The molecule has 1 aliphatic heterocycles. The second kappa shape index (κ2) is 11.7. The smallest absolute Gasteiger partial charge is 0.323 e. The Bertz CT molecular complexity index is 1740. The highest BCUT2D eigenvalue weighted by Gasteiger charge is 2.19. The van der Waals surface area contributed by atoms with Crippen molar-refractivity contribution in [3.05, 3.63) is 84.6 Å². The predicted molar refractivity (Wildman–Crippen MR) is 164 cm³/mol. The Kier molecular flexibility index (Phi) is 7.52. The fourth-order valence-corrected chi connectivity index (χ4v) is 4.84. The van der Waals surface area contributed by atoms with E-state index in [1.54, 1.807) is 24.3 Å². The number of ether oxygens (including phenoxy) is 1. The van der Waals surface area contributed by atoms with Gasteiger partial charge in [0.1, 0.15) is 17.3 Å². The Balaban J connectivity index is 1.24. The maximum Gasteiger partial charge on any atom is 0.323 e. The average Bonchev–Trinajstić information content (AvgIpc) is 3.44. The molecule has 10 nitrogen and oxygen atoms in total. The van der Waals surface area contributed by atoms with Crippen molar-refractivity contribution in [3.8, 4) is 22.7 Å². The minimum Gasteiger partial charge on any atom is -0.461 e. The van der Waals surface area contributed by atoms with Crippen LogP contribution < -0.4 is 20.9 Å². The fraction of sp³-hybridized carbons (Fsp3) is 0.188. The van der Waals surface area contributed by atoms with E-state index >= 15 is 0 Å². The molecule has 3 heterocycles. The Labute approximate surface area is 242 Å². The molecule has 1 aliphatic rings. The number of carbonyl (C=O) groups excluding carboxylic acids is 2. The summed E-state index contributed by atoms with van der Waals surface area (Å²) in [6, 6.07) is 23.9. The van der Waals surface area contributed by atoms with Crippen molar-refractivity contribution < 1.29 is 18.7 Å². The van der Waals surface area contributed by atoms with Gasteiger partial charge in [-0.15, -0.1) is 0 Å². The quantitative estimate of drug-likeness (QED) is 0.222. The lowest BCUT2D eigenvalue weighted by atomic mass is 10.1. The number of benzene rings is 3. The SMILES string of the molecule is CC(=O)Nc1ccc(NC(=O)Nc2ccc(-c3nc(N4CCOCC4)c4ccc(-c5ccc(C)o5)cc4n3)cc2)cc1. The van der Waals surface area contributed by atoms with Gasteiger partial charge in [-0.2, -0.15) is 0 Å². The topological polar surface area (TPSA) is 122 Å². The Morgan fingerprint density at radius 3 is 2.00 bits per heavy atom. The van der Waals surface area contributed by atoms with Crippen LogP contribution in [0.5, 0.6) is 0 Å². The third kappa shape index (κ3) is 6.08. The molecular weight excluding hydrogens is 532 g/mol. The van der Waals surface area contributed by atoms with E-state index in [4.69, 9.17) is 19.1 Å². The lowest BCUT2D eigenvalue weighted by Gasteiger charge is -2.29. The first-order valence-electron chi connectivity index (χ1n) is 13.7. The number of nitrogens with one attached hydrogen (secondary N) is 3. The Morgan fingerprint density at radius 1 is 0.762 bits per heavy atom. The minimum atomic E-state index is -0.382. The zero-order valence-electron chi connectivity index (χ0n) is 23.3. The third-order valence-corrected chi connectivity index (χ3v) is 6.88. The first-order valence-corrected chi connectivity index (χ1v) is 13.7. The molecule has 5 aromatic rings. The van der Waals surface area contributed by atoms with Gasteiger partial charge < -0.3 is 30.0 Å². The average molecular weight is 563 g/mol. The molecule has 10 heteroatoms. The molecule has 0 radical (unpaired) electrons. The number of fused-ring (bicyclic) bond motifs is 1. The van der Waals surface area contributed by atoms with Crippen LogP contribution in [0.4, 0.5) is 27.7 Å². The number of urea groups is 1. The number of rotatable bonds is 6. The van der Waals surface area contributed by atoms with Gasteiger partial charge in [-0.1, -0.05) is 6.07 Å². The van der Waals surface area contributed by atoms with Crippen molar-refractivity contribution in [1.29, 1.82) is 0 Å². The zero-order valence-corrected chi connectivity index (χ0v) is 23.3. The minimum absolute atomic E-state index is 0.156. The number of anilines is 4. The van der Waals surface area contributed by atoms with E-state index in [0.717, 1.165) is 52.5 Å². The fourth-order valence-electron chi connectivity index (χ4n) is 4.84. The van der Waals surface area contributed by atoms with Crippen molar-refractivity contribution in [2.75, 3.05) is 47.2 Å². The molecule has 212 valence electrons. The van der Waals surface area contributed by atoms with Crippen LogP contribution in [0.2, 0.25) is 0 Å². The number of hydrogen-bond acceptors (Lipinski definition) is 7. The highest BCUT2D eigenvalue weighted by Crippen LogP contribution is 2.32. The molecule has 42 heavy (non-hydrogen) atoms. The Hall–Kier alpha value is -5.22. The van der Waals surface area contributed by atoms with Crippen LogP contribution in [0.25, 0.3) is 33.6 Å². The summed E-state index contributed by atoms with van der Waals surface area (Å²) in [5.74, 6) is 2.94. The number of amides is 3. The van der Waals surface area contributed by atoms with Crippen molar-refractivity contribution in [3.63, 3.8) is 0 Å². The van der Waals surface area contributed by atoms with E-state index < -0.39 is 0 Å². The van der Waals surface area contributed by atoms with Gasteiger partial charge in [-0.3, -0.25) is 4.79 Å². The molecular formula is C32H30N6O4. The van der Waals surface area contributed by atoms with Crippen LogP contribution in [0.15, 0.2) is 83.3 Å². The molecule has 6 rings (SSSR count). The van der Waals surface area contributed by atoms with Crippen LogP contribution in [0.1, 0.15) is 12.7 Å². The van der Waals surface area contributed by atoms with Crippen LogP contribution >= 0.6 is 0 Å². The van der Waals surface area contributed by atoms with Crippen LogP contribution in [0, 0.1) is 6.92 Å². The van der Waals surface area contributed by atoms with Crippen LogP contribution in [0.3, 0.4) is 0 Å². The molecule has 3 N–H and O–H groups in total. The maximum absolute atomic E-state index is 12.6. The Morgan fingerprint density at radius 2 is 1.38 bits per heavy atom. The molecule has 0 spiro atoms. The van der Waals surface area contributed by atoms with E-state index in [9.17, 15) is 9.59 Å². The summed E-state index contributed by atoms with van der Waals surface area (Å²) >= 11 is 0. The summed E-state index contributed by atoms with van der Waals surface area (Å²) in [5, 5.41) is 9.30. The standard InChI is InChI=1S/C32H30N6O4/c1-20-3-14-29(42-20)23-6-13-27-28(19-23)36-30(37-31(27)38-15-17-41-18-16-38)22-4-7-25(8-5-22)34-32(40)35-26-11-9-24(10-12-26)33-21(2)39/h3-14,19H,15-18H2,1-2H3,(H,33,39)(H2,34,35,40). The number of hydrogen-bond donors (Lipinski definition) is 3. The van der Waals surface area contributed by atoms with E-state index in [1.807, 2.05) is 55.5 Å². The van der Waals surface area contributed by atoms with Gasteiger partial charge >= 0.3 is 6.03 Å². The maximum atomic E-state index is 12.6. The summed E-state index contributed by atoms with van der Waals surface area (Å²) < 4.78 is 11.4. The zero-order chi connectivity index (χ0) is 29.1. The predicted octanol–water partition coefficient (Wildman–Crippen LogP) is 6.30. The number of morpholine rings is 1. The molecule has 2 aromatic heterocycles. The van der Waals surface area contributed by atoms with Crippen molar-refractivity contribution in [2.24, 2.45) is 0 Å².